The number of hydrogen-bond acceptors (Lipinski definition) is 4. The summed E-state index contributed by atoms with van der Waals surface area (Å²) >= 11 is 0. The molecule has 18 heavy (non-hydrogen) atoms. The summed E-state index contributed by atoms with van der Waals surface area (Å²) < 4.78 is 5.76. The summed E-state index contributed by atoms with van der Waals surface area (Å²) in [5.41, 5.74) is 0.922. The molecule has 1 aromatic rings. The van der Waals surface area contributed by atoms with E-state index in [0.29, 0.717) is 6.54 Å². The molecule has 5 heteroatoms. The van der Waals surface area contributed by atoms with Crippen LogP contribution >= 0.6 is 0 Å². The van der Waals surface area contributed by atoms with Crippen LogP contribution < -0.4 is 10.1 Å². The molecular weight excluding hydrogens is 232 g/mol. The molecule has 0 aliphatic carbocycles. The molecule has 1 atom stereocenters. The fraction of sp³-hybridized carbons (Fsp3) is 0.538. The van der Waals surface area contributed by atoms with Crippen LogP contribution in [0.4, 0.5) is 5.69 Å². The first-order valence-corrected chi connectivity index (χ1v) is 6.23. The van der Waals surface area contributed by atoms with Crippen molar-refractivity contribution in [2.75, 3.05) is 6.54 Å². The van der Waals surface area contributed by atoms with E-state index in [1.54, 1.807) is 12.1 Å². The highest BCUT2D eigenvalue weighted by Gasteiger charge is 2.13. The van der Waals surface area contributed by atoms with Crippen LogP contribution in [0.15, 0.2) is 18.2 Å². The number of nitrogens with zero attached hydrogens (tertiary/aromatic N) is 1. The number of nitrogens with one attached hydrogen (secondary N) is 1. The Bertz CT molecular complexity index is 407. The van der Waals surface area contributed by atoms with Crippen molar-refractivity contribution in [2.45, 2.75) is 39.8 Å². The van der Waals surface area contributed by atoms with Crippen molar-refractivity contribution in [3.8, 4) is 5.75 Å². The van der Waals surface area contributed by atoms with Crippen LogP contribution in [0.5, 0.6) is 5.75 Å². The van der Waals surface area contributed by atoms with Gasteiger partial charge in [0.1, 0.15) is 5.75 Å². The van der Waals surface area contributed by atoms with Crippen LogP contribution in [0.3, 0.4) is 0 Å². The van der Waals surface area contributed by atoms with E-state index in [9.17, 15) is 10.1 Å². The van der Waals surface area contributed by atoms with Crippen LogP contribution in [0.1, 0.15) is 32.8 Å². The van der Waals surface area contributed by atoms with Gasteiger partial charge in [-0.1, -0.05) is 13.8 Å². The molecule has 0 bridgehead atoms. The molecule has 0 aliphatic heterocycles. The molecule has 0 amide bonds. The number of nitro groups is 1. The summed E-state index contributed by atoms with van der Waals surface area (Å²) in [6.07, 6.45) is 1.00. The number of non-ortho nitro benzene ring substituents is 1. The molecular formula is C13H20N2O3. The normalized spacial score (nSPS) is 12.2. The molecule has 1 N–H and O–H groups in total. The van der Waals surface area contributed by atoms with Crippen molar-refractivity contribution in [3.63, 3.8) is 0 Å². The third-order valence-electron chi connectivity index (χ3n) is 2.72. The summed E-state index contributed by atoms with van der Waals surface area (Å²) in [7, 11) is 0. The van der Waals surface area contributed by atoms with E-state index >= 15 is 0 Å². The minimum absolute atomic E-state index is 0.0967. The van der Waals surface area contributed by atoms with Gasteiger partial charge in [0.25, 0.3) is 5.69 Å². The highest BCUT2D eigenvalue weighted by atomic mass is 16.6. The van der Waals surface area contributed by atoms with Crippen molar-refractivity contribution in [1.82, 2.24) is 5.32 Å². The maximum Gasteiger partial charge on any atom is 0.270 e. The lowest BCUT2D eigenvalue weighted by Gasteiger charge is -2.16. The largest absolute Gasteiger partial charge is 0.490 e. The minimum Gasteiger partial charge on any atom is -0.490 e. The molecule has 0 radical (unpaired) electrons. The van der Waals surface area contributed by atoms with E-state index in [1.807, 2.05) is 20.8 Å². The van der Waals surface area contributed by atoms with Gasteiger partial charge in [0, 0.05) is 24.2 Å². The molecule has 0 spiro atoms. The van der Waals surface area contributed by atoms with Crippen LogP contribution in [-0.2, 0) is 6.54 Å². The first-order valence-electron chi connectivity index (χ1n) is 6.23. The highest BCUT2D eigenvalue weighted by Crippen LogP contribution is 2.25. The molecule has 0 saturated carbocycles. The predicted molar refractivity (Wildman–Crippen MR) is 70.9 cm³/mol. The van der Waals surface area contributed by atoms with Crippen LogP contribution in [-0.4, -0.2) is 17.6 Å². The zero-order chi connectivity index (χ0) is 13.5. The van der Waals surface area contributed by atoms with Gasteiger partial charge in [0.05, 0.1) is 11.0 Å². The smallest absolute Gasteiger partial charge is 0.270 e. The van der Waals surface area contributed by atoms with Gasteiger partial charge in [-0.3, -0.25) is 10.1 Å². The van der Waals surface area contributed by atoms with Gasteiger partial charge in [-0.05, 0) is 26.0 Å². The van der Waals surface area contributed by atoms with Crippen LogP contribution in [0.25, 0.3) is 0 Å². The number of nitro benzene ring substituents is 1. The molecule has 5 nitrogen and oxygen atoms in total. The van der Waals surface area contributed by atoms with E-state index < -0.39 is 0 Å². The lowest BCUT2D eigenvalue weighted by Crippen LogP contribution is -2.16. The van der Waals surface area contributed by atoms with Crippen molar-refractivity contribution < 1.29 is 9.66 Å². The molecule has 0 fully saturated rings. The van der Waals surface area contributed by atoms with E-state index in [4.69, 9.17) is 4.74 Å². The Morgan fingerprint density at radius 2 is 2.17 bits per heavy atom. The molecule has 1 aromatic carbocycles. The number of ether oxygens (including phenoxy) is 1. The fourth-order valence-electron chi connectivity index (χ4n) is 1.49. The summed E-state index contributed by atoms with van der Waals surface area (Å²) in [6.45, 7) is 7.40. The van der Waals surface area contributed by atoms with Gasteiger partial charge >= 0.3 is 0 Å². The molecule has 1 rings (SSSR count). The van der Waals surface area contributed by atoms with E-state index in [1.165, 1.54) is 6.07 Å². The number of benzene rings is 1. The first-order chi connectivity index (χ1) is 8.58. The second-order valence-electron chi connectivity index (χ2n) is 4.17. The van der Waals surface area contributed by atoms with Crippen molar-refractivity contribution in [3.05, 3.63) is 33.9 Å². The topological polar surface area (TPSA) is 64.4 Å². The third kappa shape index (κ3) is 4.00. The maximum atomic E-state index is 10.8. The third-order valence-corrected chi connectivity index (χ3v) is 2.72. The van der Waals surface area contributed by atoms with E-state index in [2.05, 4.69) is 5.32 Å². The zero-order valence-corrected chi connectivity index (χ0v) is 11.1. The summed E-state index contributed by atoms with van der Waals surface area (Å²) in [6, 6.07) is 4.73. The summed E-state index contributed by atoms with van der Waals surface area (Å²) in [4.78, 5) is 10.4. The van der Waals surface area contributed by atoms with E-state index in [-0.39, 0.29) is 16.7 Å². The van der Waals surface area contributed by atoms with Gasteiger partial charge < -0.3 is 10.1 Å². The predicted octanol–water partition coefficient (Wildman–Crippen LogP) is 2.88. The van der Waals surface area contributed by atoms with E-state index in [0.717, 1.165) is 24.3 Å². The first kappa shape index (κ1) is 14.4. The average Bonchev–Trinajstić information content (AvgIpc) is 2.37. The van der Waals surface area contributed by atoms with Gasteiger partial charge in [0.2, 0.25) is 0 Å². The molecule has 100 valence electrons. The van der Waals surface area contributed by atoms with Crippen molar-refractivity contribution in [2.24, 2.45) is 0 Å². The lowest BCUT2D eigenvalue weighted by molar-refractivity contribution is -0.384. The molecule has 0 aliphatic rings. The fourth-order valence-corrected chi connectivity index (χ4v) is 1.49. The van der Waals surface area contributed by atoms with Crippen LogP contribution in [0.2, 0.25) is 0 Å². The summed E-state index contributed by atoms with van der Waals surface area (Å²) in [5.74, 6) is 0.718. The highest BCUT2D eigenvalue weighted by molar-refractivity contribution is 5.43. The molecule has 0 heterocycles. The Kier molecular flexibility index (Phi) is 5.58. The molecule has 0 saturated heterocycles. The molecule has 0 aromatic heterocycles. The van der Waals surface area contributed by atoms with Gasteiger partial charge in [0.15, 0.2) is 0 Å². The molecule has 1 unspecified atom stereocenters. The Morgan fingerprint density at radius 3 is 2.72 bits per heavy atom. The second-order valence-corrected chi connectivity index (χ2v) is 4.17. The minimum atomic E-state index is -0.386. The quantitative estimate of drug-likeness (QED) is 0.598. The Labute approximate surface area is 107 Å². The number of rotatable bonds is 7. The standard InChI is InChI=1S/C13H20N2O3/c1-4-10(3)18-13-7-6-12(15(16)17)8-11(13)9-14-5-2/h6-8,10,14H,4-5,9H2,1-3H3. The average molecular weight is 252 g/mol. The van der Waals surface area contributed by atoms with Crippen molar-refractivity contribution in [1.29, 1.82) is 0 Å². The lowest BCUT2D eigenvalue weighted by atomic mass is 10.1. The SMILES string of the molecule is CCNCc1cc([N+](=O)[O-])ccc1OC(C)CC. The maximum absolute atomic E-state index is 10.8. The monoisotopic (exact) mass is 252 g/mol. The Balaban J connectivity index is 2.96. The zero-order valence-electron chi connectivity index (χ0n) is 11.1. The summed E-state index contributed by atoms with van der Waals surface area (Å²) in [5, 5.41) is 13.9. The van der Waals surface area contributed by atoms with Gasteiger partial charge in [-0.2, -0.15) is 0 Å². The van der Waals surface area contributed by atoms with Gasteiger partial charge in [-0.15, -0.1) is 0 Å². The van der Waals surface area contributed by atoms with Crippen molar-refractivity contribution >= 4 is 5.69 Å². The van der Waals surface area contributed by atoms with Gasteiger partial charge in [-0.25, -0.2) is 0 Å². The number of hydrogen-bond donors (Lipinski definition) is 1. The Morgan fingerprint density at radius 1 is 1.44 bits per heavy atom. The second kappa shape index (κ2) is 6.96. The Hall–Kier alpha value is -1.62. The van der Waals surface area contributed by atoms with Crippen LogP contribution in [0, 0.1) is 10.1 Å².